The molecule has 0 bridgehead atoms. The molecule has 0 unspecified atom stereocenters. The Kier molecular flexibility index (Phi) is 3.65. The molecule has 7 heteroatoms. The van der Waals surface area contributed by atoms with Gasteiger partial charge >= 0.3 is 6.03 Å². The van der Waals surface area contributed by atoms with Crippen molar-refractivity contribution >= 4 is 17.4 Å². The third kappa shape index (κ3) is 2.84. The van der Waals surface area contributed by atoms with E-state index in [1.165, 1.54) is 0 Å². The molecule has 0 saturated heterocycles. The fourth-order valence-electron chi connectivity index (χ4n) is 1.06. The normalized spacial score (nSPS) is 9.56. The summed E-state index contributed by atoms with van der Waals surface area (Å²) in [5.41, 5.74) is -0.204. The van der Waals surface area contributed by atoms with Crippen LogP contribution in [0.4, 0.5) is 16.2 Å². The largest absolute Gasteiger partial charge is 0.506 e. The minimum Gasteiger partial charge on any atom is -0.506 e. The van der Waals surface area contributed by atoms with Gasteiger partial charge < -0.3 is 15.7 Å². The number of phenols is 1. The first-order valence-corrected chi connectivity index (χ1v) is 4.57. The highest BCUT2D eigenvalue weighted by Crippen LogP contribution is 2.27. The Hall–Kier alpha value is -2.31. The number of carbonyl (C=O) groups is 1. The van der Waals surface area contributed by atoms with Crippen molar-refractivity contribution in [3.05, 3.63) is 28.3 Å². The molecular weight excluding hydrogens is 214 g/mol. The van der Waals surface area contributed by atoms with Crippen molar-refractivity contribution in [3.63, 3.8) is 0 Å². The molecule has 16 heavy (non-hydrogen) atoms. The Bertz CT molecular complexity index is 419. The van der Waals surface area contributed by atoms with E-state index in [9.17, 15) is 20.0 Å². The zero-order valence-electron chi connectivity index (χ0n) is 8.56. The van der Waals surface area contributed by atoms with Gasteiger partial charge in [0.25, 0.3) is 5.69 Å². The van der Waals surface area contributed by atoms with E-state index in [0.29, 0.717) is 6.54 Å². The van der Waals surface area contributed by atoms with Gasteiger partial charge in [0, 0.05) is 18.7 Å². The predicted octanol–water partition coefficient (Wildman–Crippen LogP) is 1.44. The number of carbonyl (C=O) groups excluding carboxylic acids is 1. The first kappa shape index (κ1) is 11.8. The summed E-state index contributed by atoms with van der Waals surface area (Å²) in [5, 5.41) is 24.6. The second-order valence-corrected chi connectivity index (χ2v) is 2.94. The van der Waals surface area contributed by atoms with E-state index in [2.05, 4.69) is 10.6 Å². The summed E-state index contributed by atoms with van der Waals surface area (Å²) in [6.07, 6.45) is 0. The van der Waals surface area contributed by atoms with Gasteiger partial charge in [0.15, 0.2) is 0 Å². The second kappa shape index (κ2) is 4.96. The van der Waals surface area contributed by atoms with Crippen molar-refractivity contribution in [1.29, 1.82) is 0 Å². The fraction of sp³-hybridized carbons (Fsp3) is 0.222. The summed E-state index contributed by atoms with van der Waals surface area (Å²) in [6.45, 7) is 2.15. The number of amides is 2. The number of phenolic OH excluding ortho intramolecular Hbond substituents is 1. The highest BCUT2D eigenvalue weighted by molar-refractivity contribution is 5.91. The van der Waals surface area contributed by atoms with Crippen LogP contribution in [0, 0.1) is 10.1 Å². The van der Waals surface area contributed by atoms with E-state index < -0.39 is 11.0 Å². The first-order chi connectivity index (χ1) is 7.54. The van der Waals surface area contributed by atoms with Crippen LogP contribution in [0.2, 0.25) is 0 Å². The van der Waals surface area contributed by atoms with E-state index in [1.807, 2.05) is 0 Å². The van der Waals surface area contributed by atoms with E-state index in [4.69, 9.17) is 0 Å². The van der Waals surface area contributed by atoms with Crippen molar-refractivity contribution < 1.29 is 14.8 Å². The van der Waals surface area contributed by atoms with Gasteiger partial charge in [-0.05, 0) is 13.0 Å². The molecule has 0 atom stereocenters. The van der Waals surface area contributed by atoms with Crippen molar-refractivity contribution in [2.75, 3.05) is 11.9 Å². The molecule has 0 aliphatic rings. The third-order valence-electron chi connectivity index (χ3n) is 1.78. The van der Waals surface area contributed by atoms with Crippen LogP contribution in [0.3, 0.4) is 0 Å². The number of nitrogens with zero attached hydrogens (tertiary/aromatic N) is 1. The highest BCUT2D eigenvalue weighted by Gasteiger charge is 2.11. The average Bonchev–Trinajstić information content (AvgIpc) is 2.21. The molecule has 0 saturated carbocycles. The lowest BCUT2D eigenvalue weighted by Gasteiger charge is -2.07. The maximum absolute atomic E-state index is 11.1. The summed E-state index contributed by atoms with van der Waals surface area (Å²) in [6, 6.07) is 2.86. The van der Waals surface area contributed by atoms with Crippen molar-refractivity contribution in [3.8, 4) is 5.75 Å². The van der Waals surface area contributed by atoms with Crippen LogP contribution in [0.5, 0.6) is 5.75 Å². The summed E-state index contributed by atoms with van der Waals surface area (Å²) < 4.78 is 0. The number of hydrogen-bond acceptors (Lipinski definition) is 4. The van der Waals surface area contributed by atoms with Crippen LogP contribution in [-0.2, 0) is 0 Å². The monoisotopic (exact) mass is 225 g/mol. The number of non-ortho nitro benzene ring substituents is 1. The first-order valence-electron chi connectivity index (χ1n) is 4.57. The lowest BCUT2D eigenvalue weighted by Crippen LogP contribution is -2.28. The van der Waals surface area contributed by atoms with Crippen molar-refractivity contribution in [1.82, 2.24) is 5.32 Å². The molecule has 1 rings (SSSR count). The van der Waals surface area contributed by atoms with Crippen LogP contribution in [0.25, 0.3) is 0 Å². The van der Waals surface area contributed by atoms with Gasteiger partial charge in [0.2, 0.25) is 0 Å². The molecule has 1 aromatic rings. The van der Waals surface area contributed by atoms with Crippen LogP contribution in [-0.4, -0.2) is 22.6 Å². The van der Waals surface area contributed by atoms with Gasteiger partial charge in [-0.25, -0.2) is 4.79 Å². The quantitative estimate of drug-likeness (QED) is 0.411. The highest BCUT2D eigenvalue weighted by atomic mass is 16.6. The van der Waals surface area contributed by atoms with Crippen LogP contribution >= 0.6 is 0 Å². The van der Waals surface area contributed by atoms with Gasteiger partial charge in [-0.2, -0.15) is 0 Å². The number of hydrogen-bond donors (Lipinski definition) is 3. The van der Waals surface area contributed by atoms with E-state index >= 15 is 0 Å². The molecule has 2 amide bonds. The summed E-state index contributed by atoms with van der Waals surface area (Å²) in [7, 11) is 0. The van der Waals surface area contributed by atoms with Gasteiger partial charge in [-0.1, -0.05) is 0 Å². The molecule has 0 heterocycles. The smallest absolute Gasteiger partial charge is 0.319 e. The summed E-state index contributed by atoms with van der Waals surface area (Å²) in [4.78, 5) is 21.0. The predicted molar refractivity (Wildman–Crippen MR) is 57.5 cm³/mol. The SMILES string of the molecule is CCNC(=O)Nc1cc([N+](=O)[O-])ccc1O. The summed E-state index contributed by atoms with van der Waals surface area (Å²) in [5.74, 6) is -0.225. The van der Waals surface area contributed by atoms with Gasteiger partial charge in [-0.3, -0.25) is 10.1 Å². The Morgan fingerprint density at radius 3 is 2.81 bits per heavy atom. The molecule has 1 aromatic carbocycles. The summed E-state index contributed by atoms with van der Waals surface area (Å²) >= 11 is 0. The molecular formula is C9H11N3O4. The number of anilines is 1. The Labute approximate surface area is 91.2 Å². The van der Waals surface area contributed by atoms with E-state index in [0.717, 1.165) is 18.2 Å². The van der Waals surface area contributed by atoms with Gasteiger partial charge in [-0.15, -0.1) is 0 Å². The number of nitrogens with one attached hydrogen (secondary N) is 2. The fourth-order valence-corrected chi connectivity index (χ4v) is 1.06. The van der Waals surface area contributed by atoms with Crippen LogP contribution in [0.15, 0.2) is 18.2 Å². The molecule has 0 fully saturated rings. The van der Waals surface area contributed by atoms with Crippen molar-refractivity contribution in [2.45, 2.75) is 6.92 Å². The zero-order chi connectivity index (χ0) is 12.1. The van der Waals surface area contributed by atoms with E-state index in [-0.39, 0.29) is 17.1 Å². The molecule has 86 valence electrons. The maximum Gasteiger partial charge on any atom is 0.319 e. The minimum absolute atomic E-state index is 0.000139. The molecule has 0 aliphatic heterocycles. The average molecular weight is 225 g/mol. The maximum atomic E-state index is 11.1. The lowest BCUT2D eigenvalue weighted by molar-refractivity contribution is -0.384. The second-order valence-electron chi connectivity index (χ2n) is 2.94. The number of benzene rings is 1. The molecule has 7 nitrogen and oxygen atoms in total. The van der Waals surface area contributed by atoms with Gasteiger partial charge in [0.05, 0.1) is 10.6 Å². The third-order valence-corrected chi connectivity index (χ3v) is 1.78. The molecule has 3 N–H and O–H groups in total. The number of nitro benzene ring substituents is 1. The topological polar surface area (TPSA) is 104 Å². The van der Waals surface area contributed by atoms with Gasteiger partial charge in [0.1, 0.15) is 5.75 Å². The van der Waals surface area contributed by atoms with Crippen LogP contribution in [0.1, 0.15) is 6.92 Å². The van der Waals surface area contributed by atoms with E-state index in [1.54, 1.807) is 6.92 Å². The lowest BCUT2D eigenvalue weighted by atomic mass is 10.2. The standard InChI is InChI=1S/C9H11N3O4/c1-2-10-9(14)11-7-5-6(12(15)16)3-4-8(7)13/h3-5,13H,2H2,1H3,(H2,10,11,14). The Balaban J connectivity index is 2.90. The van der Waals surface area contributed by atoms with Crippen LogP contribution < -0.4 is 10.6 Å². The number of urea groups is 1. The Morgan fingerprint density at radius 2 is 2.25 bits per heavy atom. The minimum atomic E-state index is -0.609. The number of rotatable bonds is 3. The number of nitro groups is 1. The Morgan fingerprint density at radius 1 is 1.56 bits per heavy atom. The van der Waals surface area contributed by atoms with Crippen molar-refractivity contribution in [2.24, 2.45) is 0 Å². The molecule has 0 aromatic heterocycles. The zero-order valence-corrected chi connectivity index (χ0v) is 8.56. The molecule has 0 radical (unpaired) electrons. The number of aromatic hydroxyl groups is 1. The molecule has 0 spiro atoms. The molecule has 0 aliphatic carbocycles.